The highest BCUT2D eigenvalue weighted by atomic mass is 16.4. The average molecular weight is 270 g/mol. The Hall–Kier alpha value is -0.610. The lowest BCUT2D eigenvalue weighted by molar-refractivity contribution is -0.147. The molecule has 0 aromatic rings. The normalized spacial score (nSPS) is 23.3. The number of carbonyl (C=O) groups is 1. The molecule has 1 heterocycles. The van der Waals surface area contributed by atoms with Gasteiger partial charge >= 0.3 is 5.97 Å². The van der Waals surface area contributed by atoms with Gasteiger partial charge < -0.3 is 10.0 Å². The van der Waals surface area contributed by atoms with Crippen LogP contribution in [-0.2, 0) is 4.79 Å². The molecule has 19 heavy (non-hydrogen) atoms. The summed E-state index contributed by atoms with van der Waals surface area (Å²) in [5.41, 5.74) is -0.579. The second-order valence-corrected chi connectivity index (χ2v) is 6.65. The quantitative estimate of drug-likeness (QED) is 0.752. The largest absolute Gasteiger partial charge is 0.481 e. The Bertz CT molecular complexity index is 292. The van der Waals surface area contributed by atoms with E-state index >= 15 is 0 Å². The molecule has 0 radical (unpaired) electrons. The first-order valence-electron chi connectivity index (χ1n) is 7.49. The molecular formula is C15H30N2O2. The first-order valence-corrected chi connectivity index (χ1v) is 7.49. The third-order valence-electron chi connectivity index (χ3n) is 4.26. The Morgan fingerprint density at radius 3 is 2.63 bits per heavy atom. The fraction of sp³-hybridized carbons (Fsp3) is 0.933. The van der Waals surface area contributed by atoms with Crippen LogP contribution in [-0.4, -0.2) is 60.1 Å². The van der Waals surface area contributed by atoms with E-state index in [9.17, 15) is 4.79 Å². The molecule has 112 valence electrons. The molecule has 0 bridgehead atoms. The summed E-state index contributed by atoms with van der Waals surface area (Å²) in [5.74, 6) is -0.683. The Labute approximate surface area is 117 Å². The van der Waals surface area contributed by atoms with Gasteiger partial charge in [0.1, 0.15) is 0 Å². The van der Waals surface area contributed by atoms with Gasteiger partial charge in [-0.3, -0.25) is 9.69 Å². The molecule has 0 aliphatic carbocycles. The molecule has 1 rings (SSSR count). The van der Waals surface area contributed by atoms with Crippen LogP contribution in [0.25, 0.3) is 0 Å². The summed E-state index contributed by atoms with van der Waals surface area (Å²) in [4.78, 5) is 16.0. The molecule has 1 N–H and O–H groups in total. The van der Waals surface area contributed by atoms with Gasteiger partial charge in [-0.2, -0.15) is 0 Å². The summed E-state index contributed by atoms with van der Waals surface area (Å²) in [5, 5.41) is 9.08. The first-order chi connectivity index (χ1) is 8.83. The molecule has 0 amide bonds. The van der Waals surface area contributed by atoms with E-state index in [1.165, 1.54) is 19.5 Å². The van der Waals surface area contributed by atoms with Crippen LogP contribution in [0, 0.1) is 5.41 Å². The van der Waals surface area contributed by atoms with Crippen LogP contribution in [0.2, 0.25) is 0 Å². The smallest absolute Gasteiger partial charge is 0.309 e. The molecule has 1 aliphatic heterocycles. The minimum Gasteiger partial charge on any atom is -0.481 e. The average Bonchev–Trinajstić information content (AvgIpc) is 2.46. The summed E-state index contributed by atoms with van der Waals surface area (Å²) >= 11 is 0. The number of rotatable bonds is 6. The molecule has 4 heteroatoms. The minimum atomic E-state index is -0.683. The molecular weight excluding hydrogens is 240 g/mol. The highest BCUT2D eigenvalue weighted by Gasteiger charge is 2.26. The van der Waals surface area contributed by atoms with Crippen LogP contribution in [0.1, 0.15) is 46.5 Å². The van der Waals surface area contributed by atoms with Crippen molar-refractivity contribution in [2.45, 2.75) is 52.5 Å². The van der Waals surface area contributed by atoms with Crippen molar-refractivity contribution in [3.05, 3.63) is 0 Å². The van der Waals surface area contributed by atoms with Crippen molar-refractivity contribution in [1.29, 1.82) is 0 Å². The van der Waals surface area contributed by atoms with Crippen molar-refractivity contribution >= 4 is 5.97 Å². The lowest BCUT2D eigenvalue weighted by atomic mass is 9.87. The van der Waals surface area contributed by atoms with Gasteiger partial charge in [0, 0.05) is 12.6 Å². The van der Waals surface area contributed by atoms with Crippen molar-refractivity contribution in [3.8, 4) is 0 Å². The number of aliphatic carboxylic acids is 1. The van der Waals surface area contributed by atoms with Crippen LogP contribution < -0.4 is 0 Å². The van der Waals surface area contributed by atoms with E-state index in [1.54, 1.807) is 0 Å². The molecule has 4 nitrogen and oxygen atoms in total. The van der Waals surface area contributed by atoms with E-state index in [0.717, 1.165) is 32.4 Å². The van der Waals surface area contributed by atoms with Crippen LogP contribution >= 0.6 is 0 Å². The van der Waals surface area contributed by atoms with Gasteiger partial charge in [0.2, 0.25) is 0 Å². The molecule has 1 atom stereocenters. The van der Waals surface area contributed by atoms with E-state index in [2.05, 4.69) is 23.8 Å². The van der Waals surface area contributed by atoms with Crippen LogP contribution in [0.15, 0.2) is 0 Å². The molecule has 1 aliphatic rings. The molecule has 0 aromatic carbocycles. The van der Waals surface area contributed by atoms with Crippen molar-refractivity contribution in [2.24, 2.45) is 5.41 Å². The van der Waals surface area contributed by atoms with E-state index < -0.39 is 11.4 Å². The second kappa shape index (κ2) is 7.25. The van der Waals surface area contributed by atoms with E-state index in [0.29, 0.717) is 6.04 Å². The number of nitrogens with zero attached hydrogens (tertiary/aromatic N) is 2. The standard InChI is InChI=1S/C15H30N2O2/c1-13-12-16(4)9-7-11-17(13)10-6-5-8-15(2,3)14(18)19/h13H,5-12H2,1-4H3,(H,18,19). The summed E-state index contributed by atoms with van der Waals surface area (Å²) in [6, 6.07) is 0.611. The lowest BCUT2D eigenvalue weighted by Crippen LogP contribution is -2.38. The lowest BCUT2D eigenvalue weighted by Gasteiger charge is -2.28. The number of likely N-dealkylation sites (N-methyl/N-ethyl adjacent to an activating group) is 1. The van der Waals surface area contributed by atoms with Gasteiger partial charge in [0.15, 0.2) is 0 Å². The number of carboxylic acids is 1. The Morgan fingerprint density at radius 2 is 2.00 bits per heavy atom. The van der Waals surface area contributed by atoms with Gasteiger partial charge in [0.25, 0.3) is 0 Å². The van der Waals surface area contributed by atoms with Crippen molar-refractivity contribution in [2.75, 3.05) is 33.2 Å². The van der Waals surface area contributed by atoms with Gasteiger partial charge in [-0.15, -0.1) is 0 Å². The molecule has 1 fully saturated rings. The highest BCUT2D eigenvalue weighted by molar-refractivity contribution is 5.73. The van der Waals surface area contributed by atoms with Gasteiger partial charge in [-0.1, -0.05) is 6.42 Å². The second-order valence-electron chi connectivity index (χ2n) is 6.65. The SMILES string of the molecule is CC1CN(C)CCCN1CCCCC(C)(C)C(=O)O. The third kappa shape index (κ3) is 5.49. The van der Waals surface area contributed by atoms with E-state index in [1.807, 2.05) is 13.8 Å². The van der Waals surface area contributed by atoms with Gasteiger partial charge in [0.05, 0.1) is 5.41 Å². The van der Waals surface area contributed by atoms with E-state index in [-0.39, 0.29) is 0 Å². The fourth-order valence-corrected chi connectivity index (χ4v) is 2.74. The topological polar surface area (TPSA) is 43.8 Å². The van der Waals surface area contributed by atoms with Crippen LogP contribution in [0.3, 0.4) is 0 Å². The third-order valence-corrected chi connectivity index (χ3v) is 4.26. The predicted octanol–water partition coefficient (Wildman–Crippen LogP) is 2.29. The molecule has 0 aromatic heterocycles. The number of unbranched alkanes of at least 4 members (excludes halogenated alkanes) is 1. The zero-order valence-electron chi connectivity index (χ0n) is 13.0. The molecule has 0 saturated carbocycles. The molecule has 1 saturated heterocycles. The number of hydrogen-bond donors (Lipinski definition) is 1. The Kier molecular flexibility index (Phi) is 6.27. The van der Waals surface area contributed by atoms with Gasteiger partial charge in [-0.25, -0.2) is 0 Å². The maximum absolute atomic E-state index is 11.0. The highest BCUT2D eigenvalue weighted by Crippen LogP contribution is 2.23. The summed E-state index contributed by atoms with van der Waals surface area (Å²) < 4.78 is 0. The van der Waals surface area contributed by atoms with Crippen molar-refractivity contribution in [1.82, 2.24) is 9.80 Å². The van der Waals surface area contributed by atoms with Crippen molar-refractivity contribution < 1.29 is 9.90 Å². The zero-order valence-corrected chi connectivity index (χ0v) is 13.0. The maximum atomic E-state index is 11.0. The zero-order chi connectivity index (χ0) is 14.5. The Balaban J connectivity index is 2.27. The first kappa shape index (κ1) is 16.4. The monoisotopic (exact) mass is 270 g/mol. The molecule has 1 unspecified atom stereocenters. The maximum Gasteiger partial charge on any atom is 0.309 e. The number of hydrogen-bond acceptors (Lipinski definition) is 3. The van der Waals surface area contributed by atoms with Gasteiger partial charge in [-0.05, 0) is 66.7 Å². The van der Waals surface area contributed by atoms with E-state index in [4.69, 9.17) is 5.11 Å². The Morgan fingerprint density at radius 1 is 1.32 bits per heavy atom. The van der Waals surface area contributed by atoms with Crippen LogP contribution in [0.4, 0.5) is 0 Å². The fourth-order valence-electron chi connectivity index (χ4n) is 2.74. The summed E-state index contributed by atoms with van der Waals surface area (Å²) in [6.07, 6.45) is 4.11. The summed E-state index contributed by atoms with van der Waals surface area (Å²) in [6.45, 7) is 10.5. The van der Waals surface area contributed by atoms with Crippen molar-refractivity contribution in [3.63, 3.8) is 0 Å². The van der Waals surface area contributed by atoms with Crippen LogP contribution in [0.5, 0.6) is 0 Å². The number of carboxylic acid groups (broad SMARTS) is 1. The molecule has 0 spiro atoms. The summed E-state index contributed by atoms with van der Waals surface area (Å²) in [7, 11) is 2.19. The predicted molar refractivity (Wildman–Crippen MR) is 78.4 cm³/mol. The minimum absolute atomic E-state index is 0.579.